The van der Waals surface area contributed by atoms with Crippen molar-refractivity contribution < 1.29 is 9.84 Å². The van der Waals surface area contributed by atoms with E-state index in [-0.39, 0.29) is 5.92 Å². The third kappa shape index (κ3) is 2.04. The maximum Gasteiger partial charge on any atom is 0.135 e. The van der Waals surface area contributed by atoms with E-state index in [1.165, 1.54) is 0 Å². The summed E-state index contributed by atoms with van der Waals surface area (Å²) in [5, 5.41) is 12.2. The zero-order valence-corrected chi connectivity index (χ0v) is 13.2. The first-order valence-electron chi connectivity index (χ1n) is 7.56. The molecule has 2 atom stereocenters. The van der Waals surface area contributed by atoms with E-state index in [4.69, 9.17) is 16.3 Å². The number of fused-ring (bicyclic) bond motifs is 5. The molecule has 2 aromatic rings. The van der Waals surface area contributed by atoms with Crippen molar-refractivity contribution in [2.24, 2.45) is 0 Å². The number of hydrogen-bond acceptors (Lipinski definition) is 3. The van der Waals surface area contributed by atoms with Crippen LogP contribution in [0.15, 0.2) is 42.5 Å². The molecule has 1 saturated heterocycles. The van der Waals surface area contributed by atoms with E-state index in [9.17, 15) is 5.11 Å². The Morgan fingerprint density at radius 1 is 1.23 bits per heavy atom. The molecule has 4 rings (SSSR count). The number of hydrogen-bond donors (Lipinski definition) is 1. The SMILES string of the molecule is CN1CC[C@@H]2c3ccccc3Oc3cc(Cl)ccc3[C@]2(O)C1. The smallest absolute Gasteiger partial charge is 0.135 e. The molecule has 1 N–H and O–H groups in total. The van der Waals surface area contributed by atoms with E-state index in [0.29, 0.717) is 17.3 Å². The van der Waals surface area contributed by atoms with Crippen LogP contribution in [0.4, 0.5) is 0 Å². The van der Waals surface area contributed by atoms with Gasteiger partial charge in [0.25, 0.3) is 0 Å². The zero-order valence-electron chi connectivity index (χ0n) is 12.4. The summed E-state index contributed by atoms with van der Waals surface area (Å²) in [6, 6.07) is 13.5. The molecule has 2 aromatic carbocycles. The molecule has 2 aliphatic heterocycles. The van der Waals surface area contributed by atoms with Crippen molar-refractivity contribution in [3.05, 3.63) is 58.6 Å². The fourth-order valence-electron chi connectivity index (χ4n) is 3.79. The topological polar surface area (TPSA) is 32.7 Å². The lowest BCUT2D eigenvalue weighted by Crippen LogP contribution is -2.49. The minimum atomic E-state index is -0.959. The molecule has 1 fully saturated rings. The maximum absolute atomic E-state index is 11.6. The molecule has 0 unspecified atom stereocenters. The predicted octanol–water partition coefficient (Wildman–Crippen LogP) is 3.75. The number of halogens is 1. The Kier molecular flexibility index (Phi) is 3.19. The average molecular weight is 316 g/mol. The van der Waals surface area contributed by atoms with Gasteiger partial charge in [-0.3, -0.25) is 0 Å². The highest BCUT2D eigenvalue weighted by Gasteiger charge is 2.47. The van der Waals surface area contributed by atoms with Crippen LogP contribution in [0.5, 0.6) is 11.5 Å². The second-order valence-corrected chi connectivity index (χ2v) is 6.72. The van der Waals surface area contributed by atoms with E-state index in [1.54, 1.807) is 6.07 Å². The molecule has 2 heterocycles. The number of para-hydroxylation sites is 1. The third-order valence-corrected chi connectivity index (χ3v) is 5.05. The summed E-state index contributed by atoms with van der Waals surface area (Å²) in [6.45, 7) is 1.55. The van der Waals surface area contributed by atoms with Gasteiger partial charge in [-0.15, -0.1) is 0 Å². The van der Waals surface area contributed by atoms with Crippen molar-refractivity contribution in [2.75, 3.05) is 20.1 Å². The Morgan fingerprint density at radius 2 is 2.05 bits per heavy atom. The lowest BCUT2D eigenvalue weighted by molar-refractivity contribution is -0.0470. The van der Waals surface area contributed by atoms with Crippen molar-refractivity contribution >= 4 is 11.6 Å². The Labute approximate surface area is 135 Å². The summed E-state index contributed by atoms with van der Waals surface area (Å²) in [5.41, 5.74) is 0.939. The third-order valence-electron chi connectivity index (χ3n) is 4.81. The molecule has 4 heteroatoms. The maximum atomic E-state index is 11.6. The number of rotatable bonds is 0. The highest BCUT2D eigenvalue weighted by Crippen LogP contribution is 2.52. The van der Waals surface area contributed by atoms with Crippen LogP contribution in [0.2, 0.25) is 5.02 Å². The Bertz CT molecular complexity index is 733. The highest BCUT2D eigenvalue weighted by atomic mass is 35.5. The summed E-state index contributed by atoms with van der Waals surface area (Å²) in [6.07, 6.45) is 0.898. The normalized spacial score (nSPS) is 27.1. The molecule has 0 bridgehead atoms. The van der Waals surface area contributed by atoms with Gasteiger partial charge >= 0.3 is 0 Å². The number of aliphatic hydroxyl groups is 1. The van der Waals surface area contributed by atoms with Crippen LogP contribution in [0.3, 0.4) is 0 Å². The number of likely N-dealkylation sites (tertiary alicyclic amines) is 1. The summed E-state index contributed by atoms with van der Waals surface area (Å²) in [5.74, 6) is 1.50. The molecule has 114 valence electrons. The molecule has 0 radical (unpaired) electrons. The zero-order chi connectivity index (χ0) is 15.3. The van der Waals surface area contributed by atoms with Crippen molar-refractivity contribution in [2.45, 2.75) is 17.9 Å². The van der Waals surface area contributed by atoms with Gasteiger partial charge in [-0.05, 0) is 38.2 Å². The standard InChI is InChI=1S/C18H18ClNO2/c1-20-9-8-14-13-4-2-3-5-16(13)22-17-10-12(19)6-7-15(17)18(14,21)11-20/h2-7,10,14,21H,8-9,11H2,1H3/t14-,18+/m1/s1. The second kappa shape index (κ2) is 4.98. The van der Waals surface area contributed by atoms with Crippen molar-refractivity contribution in [1.29, 1.82) is 0 Å². The van der Waals surface area contributed by atoms with Gasteiger partial charge in [0.2, 0.25) is 0 Å². The van der Waals surface area contributed by atoms with Crippen LogP contribution < -0.4 is 4.74 Å². The monoisotopic (exact) mass is 315 g/mol. The number of piperidine rings is 1. The van der Waals surface area contributed by atoms with Crippen LogP contribution in [0, 0.1) is 0 Å². The van der Waals surface area contributed by atoms with Crippen LogP contribution in [0.1, 0.15) is 23.5 Å². The number of nitrogens with zero attached hydrogens (tertiary/aromatic N) is 1. The number of likely N-dealkylation sites (N-methyl/N-ethyl adjacent to an activating group) is 1. The molecule has 0 aliphatic carbocycles. The van der Waals surface area contributed by atoms with Crippen molar-refractivity contribution in [3.8, 4) is 11.5 Å². The van der Waals surface area contributed by atoms with Gasteiger partial charge in [-0.2, -0.15) is 0 Å². The van der Waals surface area contributed by atoms with E-state index < -0.39 is 5.60 Å². The van der Waals surface area contributed by atoms with Gasteiger partial charge in [-0.1, -0.05) is 35.9 Å². The summed E-state index contributed by atoms with van der Waals surface area (Å²) in [4.78, 5) is 2.17. The first-order chi connectivity index (χ1) is 10.6. The Hall–Kier alpha value is -1.55. The van der Waals surface area contributed by atoms with Crippen LogP contribution in [0.25, 0.3) is 0 Å². The van der Waals surface area contributed by atoms with E-state index in [0.717, 1.165) is 29.8 Å². The molecule has 3 nitrogen and oxygen atoms in total. The number of β-amino-alcohol motifs (C(OH)–C–C–N with tert-alkyl or cyclic N) is 1. The van der Waals surface area contributed by atoms with Gasteiger partial charge in [0, 0.05) is 28.6 Å². The Balaban J connectivity index is 1.98. The average Bonchev–Trinajstić information content (AvgIpc) is 2.58. The van der Waals surface area contributed by atoms with Gasteiger partial charge in [0.1, 0.15) is 17.1 Å². The van der Waals surface area contributed by atoms with E-state index in [2.05, 4.69) is 11.0 Å². The molecule has 22 heavy (non-hydrogen) atoms. The minimum Gasteiger partial charge on any atom is -0.457 e. The molecule has 0 aromatic heterocycles. The first-order valence-corrected chi connectivity index (χ1v) is 7.93. The first kappa shape index (κ1) is 14.1. The summed E-state index contributed by atoms with van der Waals surface area (Å²) in [7, 11) is 2.04. The molecule has 0 saturated carbocycles. The van der Waals surface area contributed by atoms with Gasteiger partial charge in [0.05, 0.1) is 0 Å². The highest BCUT2D eigenvalue weighted by molar-refractivity contribution is 6.30. The van der Waals surface area contributed by atoms with Crippen molar-refractivity contribution in [1.82, 2.24) is 4.90 Å². The lowest BCUT2D eigenvalue weighted by atomic mass is 9.73. The molecule has 2 aliphatic rings. The van der Waals surface area contributed by atoms with Crippen LogP contribution in [-0.4, -0.2) is 30.1 Å². The fourth-order valence-corrected chi connectivity index (χ4v) is 3.95. The largest absolute Gasteiger partial charge is 0.457 e. The molecular weight excluding hydrogens is 298 g/mol. The van der Waals surface area contributed by atoms with Crippen LogP contribution >= 0.6 is 11.6 Å². The lowest BCUT2D eigenvalue weighted by Gasteiger charge is -2.43. The number of benzene rings is 2. The van der Waals surface area contributed by atoms with E-state index >= 15 is 0 Å². The van der Waals surface area contributed by atoms with E-state index in [1.807, 2.05) is 37.4 Å². The van der Waals surface area contributed by atoms with Gasteiger partial charge < -0.3 is 14.7 Å². The summed E-state index contributed by atoms with van der Waals surface area (Å²) < 4.78 is 6.11. The molecule has 0 amide bonds. The molecular formula is C18H18ClNO2. The summed E-state index contributed by atoms with van der Waals surface area (Å²) >= 11 is 6.13. The minimum absolute atomic E-state index is 0.0299. The number of ether oxygens (including phenoxy) is 1. The quantitative estimate of drug-likeness (QED) is 0.803. The van der Waals surface area contributed by atoms with Gasteiger partial charge in [0.15, 0.2) is 0 Å². The van der Waals surface area contributed by atoms with Crippen molar-refractivity contribution in [3.63, 3.8) is 0 Å². The fraction of sp³-hybridized carbons (Fsp3) is 0.333. The Morgan fingerprint density at radius 3 is 2.91 bits per heavy atom. The molecule has 0 spiro atoms. The second-order valence-electron chi connectivity index (χ2n) is 6.28. The van der Waals surface area contributed by atoms with Crippen LogP contribution in [-0.2, 0) is 5.60 Å². The predicted molar refractivity (Wildman–Crippen MR) is 86.7 cm³/mol. The van der Waals surface area contributed by atoms with Gasteiger partial charge in [-0.25, -0.2) is 0 Å².